The van der Waals surface area contributed by atoms with Gasteiger partial charge in [0.05, 0.1) is 0 Å². The van der Waals surface area contributed by atoms with Gasteiger partial charge in [0.2, 0.25) is 0 Å². The zero-order valence-electron chi connectivity index (χ0n) is 19.5. The van der Waals surface area contributed by atoms with Gasteiger partial charge in [0.1, 0.15) is 11.6 Å². The van der Waals surface area contributed by atoms with Gasteiger partial charge in [-0.15, -0.1) is 13.2 Å². The molecule has 4 rings (SSSR count). The van der Waals surface area contributed by atoms with Gasteiger partial charge in [-0.1, -0.05) is 61.9 Å². The molecule has 0 amide bonds. The second-order valence-electron chi connectivity index (χ2n) is 8.69. The normalized spacial score (nSPS) is 11.7. The fourth-order valence-corrected chi connectivity index (χ4v) is 4.18. The molecule has 0 atom stereocenters. The van der Waals surface area contributed by atoms with E-state index in [1.54, 1.807) is 18.2 Å². The molecule has 0 spiro atoms. The van der Waals surface area contributed by atoms with E-state index in [4.69, 9.17) is 0 Å². The highest BCUT2D eigenvalue weighted by Gasteiger charge is 2.30. The predicted octanol–water partition coefficient (Wildman–Crippen LogP) is 7.80. The van der Waals surface area contributed by atoms with E-state index in [2.05, 4.69) is 28.8 Å². The fourth-order valence-electron chi connectivity index (χ4n) is 4.18. The fraction of sp³-hybridized carbons (Fsp3) is 0.276. The van der Waals surface area contributed by atoms with Crippen LogP contribution >= 0.6 is 0 Å². The van der Waals surface area contributed by atoms with Crippen LogP contribution in [0.25, 0.3) is 10.8 Å². The third kappa shape index (κ3) is 6.81. The SMILES string of the molecule is CCCc1ccc(CCc2ccc3c(F)c(CCc4ccc(OC(F)(F)F)cc4)ccc3c2)nc1. The molecular formula is C29H27F4NO. The van der Waals surface area contributed by atoms with E-state index in [9.17, 15) is 13.2 Å². The molecular weight excluding hydrogens is 454 g/mol. The van der Waals surface area contributed by atoms with Crippen LogP contribution in [0.3, 0.4) is 0 Å². The van der Waals surface area contributed by atoms with Gasteiger partial charge in [0.25, 0.3) is 0 Å². The van der Waals surface area contributed by atoms with Crippen molar-refractivity contribution in [3.8, 4) is 5.75 Å². The highest BCUT2D eigenvalue weighted by atomic mass is 19.4. The minimum absolute atomic E-state index is 0.251. The van der Waals surface area contributed by atoms with Crippen molar-refractivity contribution >= 4 is 10.8 Å². The number of fused-ring (bicyclic) bond motifs is 1. The summed E-state index contributed by atoms with van der Waals surface area (Å²) in [6, 6.07) is 19.4. The summed E-state index contributed by atoms with van der Waals surface area (Å²) in [6.07, 6.45) is 1.98. The molecule has 0 fully saturated rings. The van der Waals surface area contributed by atoms with Gasteiger partial charge in [-0.25, -0.2) is 4.39 Å². The Labute approximate surface area is 202 Å². The Morgan fingerprint density at radius 3 is 2.14 bits per heavy atom. The third-order valence-corrected chi connectivity index (χ3v) is 6.03. The Kier molecular flexibility index (Phi) is 7.69. The zero-order valence-corrected chi connectivity index (χ0v) is 19.5. The molecule has 1 aromatic heterocycles. The molecule has 0 unspecified atom stereocenters. The van der Waals surface area contributed by atoms with Gasteiger partial charge in [0.15, 0.2) is 0 Å². The number of nitrogens with zero attached hydrogens (tertiary/aromatic N) is 1. The third-order valence-electron chi connectivity index (χ3n) is 6.03. The molecule has 0 radical (unpaired) electrons. The Hall–Kier alpha value is -3.41. The molecule has 0 bridgehead atoms. The van der Waals surface area contributed by atoms with Gasteiger partial charge in [-0.2, -0.15) is 0 Å². The number of hydrogen-bond acceptors (Lipinski definition) is 2. The van der Waals surface area contributed by atoms with Gasteiger partial charge in [-0.3, -0.25) is 4.98 Å². The van der Waals surface area contributed by atoms with Crippen LogP contribution in [0.5, 0.6) is 5.75 Å². The average molecular weight is 482 g/mol. The van der Waals surface area contributed by atoms with Crippen LogP contribution in [0.2, 0.25) is 0 Å². The minimum atomic E-state index is -4.72. The molecule has 0 aliphatic rings. The zero-order chi connectivity index (χ0) is 24.8. The number of hydrogen-bond donors (Lipinski definition) is 0. The Bertz CT molecular complexity index is 1270. The van der Waals surface area contributed by atoms with Gasteiger partial charge >= 0.3 is 6.36 Å². The molecule has 0 aliphatic heterocycles. The van der Waals surface area contributed by atoms with E-state index in [0.717, 1.165) is 47.9 Å². The summed E-state index contributed by atoms with van der Waals surface area (Å²) >= 11 is 0. The molecule has 0 N–H and O–H groups in total. The van der Waals surface area contributed by atoms with Crippen molar-refractivity contribution in [3.63, 3.8) is 0 Å². The van der Waals surface area contributed by atoms with Crippen LogP contribution < -0.4 is 4.74 Å². The van der Waals surface area contributed by atoms with Gasteiger partial charge < -0.3 is 4.74 Å². The number of alkyl halides is 3. The van der Waals surface area contributed by atoms with Crippen LogP contribution in [-0.2, 0) is 32.1 Å². The first-order chi connectivity index (χ1) is 16.8. The number of aryl methyl sites for hydroxylation is 5. The lowest BCUT2D eigenvalue weighted by Gasteiger charge is -2.10. The molecule has 35 heavy (non-hydrogen) atoms. The number of ether oxygens (including phenoxy) is 1. The smallest absolute Gasteiger partial charge is 0.406 e. The molecule has 2 nitrogen and oxygen atoms in total. The molecule has 0 saturated carbocycles. The average Bonchev–Trinajstić information content (AvgIpc) is 2.83. The van der Waals surface area contributed by atoms with Crippen molar-refractivity contribution in [2.24, 2.45) is 0 Å². The van der Waals surface area contributed by atoms with Crippen LogP contribution in [0.4, 0.5) is 17.6 Å². The van der Waals surface area contributed by atoms with Crippen molar-refractivity contribution in [1.29, 1.82) is 0 Å². The molecule has 0 aliphatic carbocycles. The summed E-state index contributed by atoms with van der Waals surface area (Å²) in [6.45, 7) is 2.15. The van der Waals surface area contributed by atoms with E-state index in [1.807, 2.05) is 30.5 Å². The highest BCUT2D eigenvalue weighted by molar-refractivity contribution is 5.84. The van der Waals surface area contributed by atoms with E-state index in [-0.39, 0.29) is 11.6 Å². The van der Waals surface area contributed by atoms with E-state index < -0.39 is 6.36 Å². The lowest BCUT2D eigenvalue weighted by molar-refractivity contribution is -0.274. The topological polar surface area (TPSA) is 22.1 Å². The van der Waals surface area contributed by atoms with Crippen LogP contribution in [0, 0.1) is 5.82 Å². The summed E-state index contributed by atoms with van der Waals surface area (Å²) in [5.74, 6) is -0.516. The van der Waals surface area contributed by atoms with Crippen molar-refractivity contribution in [3.05, 3.63) is 107 Å². The second kappa shape index (κ2) is 10.9. The quantitative estimate of drug-likeness (QED) is 0.228. The molecule has 6 heteroatoms. The molecule has 0 saturated heterocycles. The number of benzene rings is 3. The van der Waals surface area contributed by atoms with Crippen LogP contribution in [0.1, 0.15) is 41.3 Å². The maximum absolute atomic E-state index is 15.1. The van der Waals surface area contributed by atoms with Crippen molar-refractivity contribution in [2.75, 3.05) is 0 Å². The predicted molar refractivity (Wildman–Crippen MR) is 130 cm³/mol. The maximum Gasteiger partial charge on any atom is 0.573 e. The van der Waals surface area contributed by atoms with Crippen LogP contribution in [-0.4, -0.2) is 11.3 Å². The summed E-state index contributed by atoms with van der Waals surface area (Å²) < 4.78 is 55.9. The number of aromatic nitrogens is 1. The molecule has 1 heterocycles. The Morgan fingerprint density at radius 1 is 0.743 bits per heavy atom. The summed E-state index contributed by atoms with van der Waals surface area (Å²) in [4.78, 5) is 4.55. The van der Waals surface area contributed by atoms with Crippen molar-refractivity contribution < 1.29 is 22.3 Å². The standard InChI is InChI=1S/C29H27F4NO/c1-2-3-22-6-14-25(34-19-22)13-5-21-9-17-27-24(18-21)12-11-23(28(27)30)10-4-20-7-15-26(16-8-20)35-29(31,32)33/h6-9,11-12,14-19H,2-5,10,13H2,1H3. The number of halogens is 4. The monoisotopic (exact) mass is 481 g/mol. The maximum atomic E-state index is 15.1. The highest BCUT2D eigenvalue weighted by Crippen LogP contribution is 2.26. The first-order valence-corrected chi connectivity index (χ1v) is 11.8. The molecule has 182 valence electrons. The number of pyridine rings is 1. The minimum Gasteiger partial charge on any atom is -0.406 e. The molecule has 3 aromatic carbocycles. The molecule has 4 aromatic rings. The van der Waals surface area contributed by atoms with Crippen molar-refractivity contribution in [2.45, 2.75) is 51.8 Å². The summed E-state index contributed by atoms with van der Waals surface area (Å²) in [7, 11) is 0. The number of rotatable bonds is 9. The lowest BCUT2D eigenvalue weighted by atomic mass is 9.98. The van der Waals surface area contributed by atoms with Gasteiger partial charge in [-0.05, 0) is 77.9 Å². The van der Waals surface area contributed by atoms with Gasteiger partial charge in [0, 0.05) is 17.3 Å². The van der Waals surface area contributed by atoms with E-state index in [0.29, 0.717) is 23.8 Å². The first kappa shape index (κ1) is 24.7. The Balaban J connectivity index is 1.38. The van der Waals surface area contributed by atoms with E-state index >= 15 is 4.39 Å². The largest absolute Gasteiger partial charge is 0.573 e. The lowest BCUT2D eigenvalue weighted by Crippen LogP contribution is -2.17. The summed E-state index contributed by atoms with van der Waals surface area (Å²) in [5, 5.41) is 1.42. The van der Waals surface area contributed by atoms with Crippen molar-refractivity contribution in [1.82, 2.24) is 4.98 Å². The first-order valence-electron chi connectivity index (χ1n) is 11.8. The van der Waals surface area contributed by atoms with Crippen LogP contribution in [0.15, 0.2) is 72.9 Å². The summed E-state index contributed by atoms with van der Waals surface area (Å²) in [5.41, 5.74) is 4.82. The van der Waals surface area contributed by atoms with E-state index in [1.165, 1.54) is 17.7 Å². The second-order valence-corrected chi connectivity index (χ2v) is 8.69. The Morgan fingerprint density at radius 2 is 1.46 bits per heavy atom.